The van der Waals surface area contributed by atoms with E-state index in [0.717, 1.165) is 47.2 Å². The zero-order valence-electron chi connectivity index (χ0n) is 17.7. The lowest BCUT2D eigenvalue weighted by Gasteiger charge is -2.48. The van der Waals surface area contributed by atoms with Gasteiger partial charge in [-0.1, -0.05) is 55.2 Å². The van der Waals surface area contributed by atoms with E-state index in [2.05, 4.69) is 60.9 Å². The standard InChI is InChI=1S/C25H32Cl2N2/c1-17-4-9-24(23(27)15-17)29-11-10-28(22-13-18(2)12-19(3)14-22)16-25(29)20-5-7-21(26)8-6-20/h4-9,15,18-19,22,25H,10-14,16H2,1-3H3. The highest BCUT2D eigenvalue weighted by Crippen LogP contribution is 2.39. The van der Waals surface area contributed by atoms with Crippen LogP contribution in [0.15, 0.2) is 42.5 Å². The van der Waals surface area contributed by atoms with E-state index in [0.29, 0.717) is 6.04 Å². The molecule has 29 heavy (non-hydrogen) atoms. The van der Waals surface area contributed by atoms with E-state index < -0.39 is 0 Å². The van der Waals surface area contributed by atoms with Crippen molar-refractivity contribution in [2.75, 3.05) is 24.5 Å². The van der Waals surface area contributed by atoms with Crippen molar-refractivity contribution in [3.63, 3.8) is 0 Å². The summed E-state index contributed by atoms with van der Waals surface area (Å²) in [6.07, 6.45) is 4.02. The van der Waals surface area contributed by atoms with Crippen LogP contribution in [0.5, 0.6) is 0 Å². The molecular weight excluding hydrogens is 399 g/mol. The summed E-state index contributed by atoms with van der Waals surface area (Å²) in [5.74, 6) is 1.64. The van der Waals surface area contributed by atoms with Gasteiger partial charge in [0.25, 0.3) is 0 Å². The average Bonchev–Trinajstić information content (AvgIpc) is 2.68. The Balaban J connectivity index is 1.63. The van der Waals surface area contributed by atoms with Crippen LogP contribution < -0.4 is 4.90 Å². The van der Waals surface area contributed by atoms with Crippen molar-refractivity contribution in [2.24, 2.45) is 11.8 Å². The van der Waals surface area contributed by atoms with Gasteiger partial charge in [0.1, 0.15) is 0 Å². The van der Waals surface area contributed by atoms with Crippen molar-refractivity contribution in [2.45, 2.75) is 52.1 Å². The lowest BCUT2D eigenvalue weighted by molar-refractivity contribution is 0.0906. The predicted molar refractivity (Wildman–Crippen MR) is 125 cm³/mol. The number of benzene rings is 2. The maximum Gasteiger partial charge on any atom is 0.0670 e. The Morgan fingerprint density at radius 2 is 1.55 bits per heavy atom. The molecule has 0 radical (unpaired) electrons. The maximum atomic E-state index is 6.69. The molecule has 1 heterocycles. The summed E-state index contributed by atoms with van der Waals surface area (Å²) in [5, 5.41) is 1.63. The number of aryl methyl sites for hydroxylation is 1. The molecule has 0 N–H and O–H groups in total. The summed E-state index contributed by atoms with van der Waals surface area (Å²) in [7, 11) is 0. The summed E-state index contributed by atoms with van der Waals surface area (Å²) in [4.78, 5) is 5.24. The third-order valence-corrected chi connectivity index (χ3v) is 7.30. The van der Waals surface area contributed by atoms with Crippen molar-refractivity contribution in [3.8, 4) is 0 Å². The van der Waals surface area contributed by atoms with E-state index in [1.807, 2.05) is 12.1 Å². The summed E-state index contributed by atoms with van der Waals surface area (Å²) >= 11 is 12.9. The third-order valence-electron chi connectivity index (χ3n) is 6.75. The highest BCUT2D eigenvalue weighted by atomic mass is 35.5. The van der Waals surface area contributed by atoms with Crippen LogP contribution in [0, 0.1) is 18.8 Å². The Morgan fingerprint density at radius 1 is 0.862 bits per heavy atom. The molecule has 3 atom stereocenters. The molecule has 4 rings (SSSR count). The second kappa shape index (κ2) is 8.88. The molecule has 0 aromatic heterocycles. The Hall–Kier alpha value is -1.22. The summed E-state index contributed by atoms with van der Waals surface area (Å²) in [6.45, 7) is 10.1. The molecule has 0 spiro atoms. The van der Waals surface area contributed by atoms with E-state index in [1.165, 1.54) is 30.4 Å². The van der Waals surface area contributed by atoms with Crippen LogP contribution in [-0.2, 0) is 0 Å². The number of halogens is 2. The van der Waals surface area contributed by atoms with Gasteiger partial charge in [-0.05, 0) is 73.4 Å². The second-order valence-electron chi connectivity index (χ2n) is 9.28. The van der Waals surface area contributed by atoms with Gasteiger partial charge < -0.3 is 4.90 Å². The van der Waals surface area contributed by atoms with Crippen molar-refractivity contribution >= 4 is 28.9 Å². The minimum Gasteiger partial charge on any atom is -0.361 e. The SMILES string of the molecule is Cc1ccc(N2CCN(C3CC(C)CC(C)C3)CC2c2ccc(Cl)cc2)c(Cl)c1. The van der Waals surface area contributed by atoms with Crippen molar-refractivity contribution < 1.29 is 0 Å². The average molecular weight is 431 g/mol. The Kier molecular flexibility index (Phi) is 6.44. The van der Waals surface area contributed by atoms with E-state index in [-0.39, 0.29) is 6.04 Å². The van der Waals surface area contributed by atoms with Crippen LogP contribution in [0.1, 0.15) is 50.3 Å². The first-order valence-electron chi connectivity index (χ1n) is 10.9. The molecule has 1 saturated carbocycles. The summed E-state index contributed by atoms with van der Waals surface area (Å²) in [6, 6.07) is 15.8. The molecule has 2 aliphatic rings. The minimum atomic E-state index is 0.286. The predicted octanol–water partition coefficient (Wildman–Crippen LogP) is 6.99. The molecule has 2 aromatic rings. The highest BCUT2D eigenvalue weighted by Gasteiger charge is 2.35. The van der Waals surface area contributed by atoms with E-state index >= 15 is 0 Å². The summed E-state index contributed by atoms with van der Waals surface area (Å²) in [5.41, 5.74) is 3.65. The molecule has 2 nitrogen and oxygen atoms in total. The van der Waals surface area contributed by atoms with Gasteiger partial charge in [-0.3, -0.25) is 4.90 Å². The number of hydrogen-bond acceptors (Lipinski definition) is 2. The molecule has 1 saturated heterocycles. The second-order valence-corrected chi connectivity index (χ2v) is 10.1. The van der Waals surface area contributed by atoms with E-state index in [4.69, 9.17) is 23.2 Å². The zero-order valence-corrected chi connectivity index (χ0v) is 19.3. The Bertz CT molecular complexity index is 825. The number of hydrogen-bond donors (Lipinski definition) is 0. The minimum absolute atomic E-state index is 0.286. The van der Waals surface area contributed by atoms with Gasteiger partial charge in [0.15, 0.2) is 0 Å². The Morgan fingerprint density at radius 3 is 2.21 bits per heavy atom. The van der Waals surface area contributed by atoms with Crippen molar-refractivity contribution in [3.05, 3.63) is 63.6 Å². The van der Waals surface area contributed by atoms with Crippen LogP contribution in [0.25, 0.3) is 0 Å². The van der Waals surface area contributed by atoms with Crippen LogP contribution in [0.2, 0.25) is 10.0 Å². The molecule has 156 valence electrons. The number of piperazine rings is 1. The van der Waals surface area contributed by atoms with Gasteiger partial charge in [0, 0.05) is 30.7 Å². The lowest BCUT2D eigenvalue weighted by Crippen LogP contribution is -2.53. The van der Waals surface area contributed by atoms with Gasteiger partial charge in [0.05, 0.1) is 16.8 Å². The molecule has 3 unspecified atom stereocenters. The summed E-state index contributed by atoms with van der Waals surface area (Å²) < 4.78 is 0. The van der Waals surface area contributed by atoms with E-state index in [9.17, 15) is 0 Å². The number of rotatable bonds is 3. The van der Waals surface area contributed by atoms with Crippen molar-refractivity contribution in [1.82, 2.24) is 4.90 Å². The Labute approximate surface area is 185 Å². The fraction of sp³-hybridized carbons (Fsp3) is 0.520. The molecular formula is C25H32Cl2N2. The smallest absolute Gasteiger partial charge is 0.0670 e. The molecule has 2 fully saturated rings. The quantitative estimate of drug-likeness (QED) is 0.517. The molecule has 0 amide bonds. The van der Waals surface area contributed by atoms with Crippen LogP contribution >= 0.6 is 23.2 Å². The maximum absolute atomic E-state index is 6.69. The molecule has 2 aromatic carbocycles. The van der Waals surface area contributed by atoms with Crippen LogP contribution in [0.3, 0.4) is 0 Å². The van der Waals surface area contributed by atoms with E-state index in [1.54, 1.807) is 0 Å². The first-order valence-corrected chi connectivity index (χ1v) is 11.7. The van der Waals surface area contributed by atoms with Gasteiger partial charge in [-0.15, -0.1) is 0 Å². The molecule has 4 heteroatoms. The first-order chi connectivity index (χ1) is 13.9. The van der Waals surface area contributed by atoms with Gasteiger partial charge in [-0.2, -0.15) is 0 Å². The zero-order chi connectivity index (χ0) is 20.5. The fourth-order valence-electron chi connectivity index (χ4n) is 5.44. The monoisotopic (exact) mass is 430 g/mol. The van der Waals surface area contributed by atoms with Crippen LogP contribution in [-0.4, -0.2) is 30.6 Å². The van der Waals surface area contributed by atoms with Crippen LogP contribution in [0.4, 0.5) is 5.69 Å². The third kappa shape index (κ3) is 4.76. The van der Waals surface area contributed by atoms with Gasteiger partial charge >= 0.3 is 0 Å². The largest absolute Gasteiger partial charge is 0.361 e. The number of anilines is 1. The van der Waals surface area contributed by atoms with Gasteiger partial charge in [0.2, 0.25) is 0 Å². The normalized spacial score (nSPS) is 28.5. The molecule has 1 aliphatic carbocycles. The molecule has 1 aliphatic heterocycles. The van der Waals surface area contributed by atoms with Crippen molar-refractivity contribution in [1.29, 1.82) is 0 Å². The highest BCUT2D eigenvalue weighted by molar-refractivity contribution is 6.33. The topological polar surface area (TPSA) is 6.48 Å². The number of nitrogens with zero attached hydrogens (tertiary/aromatic N) is 2. The first kappa shape index (κ1) is 21.0. The van der Waals surface area contributed by atoms with Gasteiger partial charge in [-0.25, -0.2) is 0 Å². The molecule has 0 bridgehead atoms. The lowest BCUT2D eigenvalue weighted by atomic mass is 9.79. The fourth-order valence-corrected chi connectivity index (χ4v) is 5.91.